The minimum Gasteiger partial charge on any atom is -0.426 e. The van der Waals surface area contributed by atoms with Crippen LogP contribution in [0.15, 0.2) is 24.3 Å². The summed E-state index contributed by atoms with van der Waals surface area (Å²) < 4.78 is 4.85. The van der Waals surface area contributed by atoms with Crippen molar-refractivity contribution in [3.63, 3.8) is 0 Å². The summed E-state index contributed by atoms with van der Waals surface area (Å²) in [7, 11) is 0. The molecule has 13 heavy (non-hydrogen) atoms. The average molecular weight is 178 g/mol. The molecule has 0 spiro atoms. The first-order valence-electron chi connectivity index (χ1n) is 3.73. The lowest BCUT2D eigenvalue weighted by Crippen LogP contribution is -2.14. The fraction of sp³-hybridized carbons (Fsp3) is 0.111. The summed E-state index contributed by atoms with van der Waals surface area (Å²) in [6, 6.07) is 6.66. The summed E-state index contributed by atoms with van der Waals surface area (Å²) >= 11 is 0. The Morgan fingerprint density at radius 2 is 2.08 bits per heavy atom. The van der Waals surface area contributed by atoms with Crippen LogP contribution < -0.4 is 10.5 Å². The van der Waals surface area contributed by atoms with Gasteiger partial charge >= 0.3 is 5.97 Å². The molecule has 0 fully saturated rings. The molecule has 0 atom stereocenters. The number of para-hydroxylation sites is 1. The molecule has 0 radical (unpaired) electrons. The molecule has 0 aliphatic heterocycles. The highest BCUT2D eigenvalue weighted by atomic mass is 16.5. The van der Waals surface area contributed by atoms with Crippen molar-refractivity contribution < 1.29 is 9.53 Å². The highest BCUT2D eigenvalue weighted by Crippen LogP contribution is 2.16. The van der Waals surface area contributed by atoms with Gasteiger partial charge in [-0.3, -0.25) is 10.2 Å². The van der Waals surface area contributed by atoms with Crippen LogP contribution in [-0.2, 0) is 4.79 Å². The number of nitrogens with two attached hydrogens (primary N) is 1. The summed E-state index contributed by atoms with van der Waals surface area (Å²) in [5.41, 5.74) is 5.71. The molecule has 0 heterocycles. The summed E-state index contributed by atoms with van der Waals surface area (Å²) in [6.07, 6.45) is 0. The lowest BCUT2D eigenvalue weighted by Gasteiger charge is -2.05. The quantitative estimate of drug-likeness (QED) is 0.305. The predicted octanol–water partition coefficient (Wildman–Crippen LogP) is 0.896. The molecule has 68 valence electrons. The van der Waals surface area contributed by atoms with E-state index in [2.05, 4.69) is 0 Å². The van der Waals surface area contributed by atoms with Crippen molar-refractivity contribution in [2.45, 2.75) is 6.92 Å². The smallest absolute Gasteiger partial charge is 0.308 e. The molecule has 0 bridgehead atoms. The summed E-state index contributed by atoms with van der Waals surface area (Å²) in [4.78, 5) is 10.7. The number of hydrogen-bond acceptors (Lipinski definition) is 3. The Morgan fingerprint density at radius 1 is 1.46 bits per heavy atom. The largest absolute Gasteiger partial charge is 0.426 e. The van der Waals surface area contributed by atoms with Crippen molar-refractivity contribution in [1.82, 2.24) is 0 Å². The third kappa shape index (κ3) is 2.30. The second-order valence-electron chi connectivity index (χ2n) is 2.50. The number of carbonyl (C=O) groups is 1. The van der Waals surface area contributed by atoms with Crippen molar-refractivity contribution in [3.05, 3.63) is 29.8 Å². The second kappa shape index (κ2) is 3.71. The lowest BCUT2D eigenvalue weighted by atomic mass is 10.2. The Morgan fingerprint density at radius 3 is 2.62 bits per heavy atom. The zero-order valence-electron chi connectivity index (χ0n) is 7.20. The van der Waals surface area contributed by atoms with Gasteiger partial charge in [0.1, 0.15) is 11.6 Å². The predicted molar refractivity (Wildman–Crippen MR) is 48.8 cm³/mol. The van der Waals surface area contributed by atoms with Crippen LogP contribution >= 0.6 is 0 Å². The molecule has 1 rings (SSSR count). The zero-order valence-corrected chi connectivity index (χ0v) is 7.20. The minimum atomic E-state index is -0.423. The lowest BCUT2D eigenvalue weighted by molar-refractivity contribution is -0.131. The summed E-state index contributed by atoms with van der Waals surface area (Å²) in [6.45, 7) is 1.30. The number of carbonyl (C=O) groups excluding carboxylic acids is 1. The van der Waals surface area contributed by atoms with Gasteiger partial charge in [-0.05, 0) is 12.1 Å². The Kier molecular flexibility index (Phi) is 2.64. The Hall–Kier alpha value is -1.84. The first kappa shape index (κ1) is 9.25. The third-order valence-electron chi connectivity index (χ3n) is 1.43. The normalized spacial score (nSPS) is 9.31. The zero-order chi connectivity index (χ0) is 9.84. The van der Waals surface area contributed by atoms with Gasteiger partial charge in [0.25, 0.3) is 0 Å². The second-order valence-corrected chi connectivity index (χ2v) is 2.50. The van der Waals surface area contributed by atoms with E-state index in [0.717, 1.165) is 0 Å². The van der Waals surface area contributed by atoms with Crippen LogP contribution in [0, 0.1) is 5.41 Å². The molecule has 0 amide bonds. The van der Waals surface area contributed by atoms with Crippen molar-refractivity contribution in [2.75, 3.05) is 0 Å². The maximum Gasteiger partial charge on any atom is 0.308 e. The van der Waals surface area contributed by atoms with E-state index >= 15 is 0 Å². The number of nitrogen functional groups attached to an aromatic ring is 1. The number of hydrogen-bond donors (Lipinski definition) is 2. The summed E-state index contributed by atoms with van der Waals surface area (Å²) in [5, 5.41) is 7.21. The fourth-order valence-corrected chi connectivity index (χ4v) is 0.933. The van der Waals surface area contributed by atoms with Gasteiger partial charge < -0.3 is 10.5 Å². The number of ether oxygens (including phenoxy) is 1. The Balaban J connectivity index is 3.04. The van der Waals surface area contributed by atoms with Gasteiger partial charge in [-0.2, -0.15) is 0 Å². The van der Waals surface area contributed by atoms with E-state index in [0.29, 0.717) is 11.3 Å². The number of benzene rings is 1. The molecular formula is C9H10N2O2. The van der Waals surface area contributed by atoms with Crippen LogP contribution in [0.4, 0.5) is 0 Å². The maximum atomic E-state index is 10.7. The number of esters is 1. The van der Waals surface area contributed by atoms with E-state index in [1.807, 2.05) is 0 Å². The first-order valence-corrected chi connectivity index (χ1v) is 3.73. The van der Waals surface area contributed by atoms with E-state index in [1.165, 1.54) is 6.92 Å². The number of amidine groups is 1. The SMILES string of the molecule is CC(=O)Oc1ccccc1C(=N)N. The Bertz CT molecular complexity index is 347. The molecule has 0 unspecified atom stereocenters. The van der Waals surface area contributed by atoms with Crippen LogP contribution in [-0.4, -0.2) is 11.8 Å². The van der Waals surface area contributed by atoms with E-state index < -0.39 is 5.97 Å². The highest BCUT2D eigenvalue weighted by molar-refractivity contribution is 5.98. The third-order valence-corrected chi connectivity index (χ3v) is 1.43. The van der Waals surface area contributed by atoms with Crippen molar-refractivity contribution >= 4 is 11.8 Å². The van der Waals surface area contributed by atoms with Crippen LogP contribution in [0.5, 0.6) is 5.75 Å². The van der Waals surface area contributed by atoms with Crippen LogP contribution in [0.3, 0.4) is 0 Å². The first-order chi connectivity index (χ1) is 6.11. The van der Waals surface area contributed by atoms with E-state index in [9.17, 15) is 4.79 Å². The fourth-order valence-electron chi connectivity index (χ4n) is 0.933. The van der Waals surface area contributed by atoms with Gasteiger partial charge in [-0.15, -0.1) is 0 Å². The van der Waals surface area contributed by atoms with Gasteiger partial charge in [0.05, 0.1) is 5.56 Å². The monoisotopic (exact) mass is 178 g/mol. The average Bonchev–Trinajstić information content (AvgIpc) is 2.03. The van der Waals surface area contributed by atoms with Gasteiger partial charge in [0, 0.05) is 6.92 Å². The molecule has 4 nitrogen and oxygen atoms in total. The van der Waals surface area contributed by atoms with Crippen molar-refractivity contribution in [3.8, 4) is 5.75 Å². The van der Waals surface area contributed by atoms with Gasteiger partial charge in [0.2, 0.25) is 0 Å². The molecule has 1 aromatic carbocycles. The number of rotatable bonds is 2. The minimum absolute atomic E-state index is 0.114. The molecule has 0 aromatic heterocycles. The van der Waals surface area contributed by atoms with E-state index in [-0.39, 0.29) is 5.84 Å². The van der Waals surface area contributed by atoms with Crippen molar-refractivity contribution in [1.29, 1.82) is 5.41 Å². The van der Waals surface area contributed by atoms with Gasteiger partial charge in [0.15, 0.2) is 0 Å². The topological polar surface area (TPSA) is 76.2 Å². The van der Waals surface area contributed by atoms with Gasteiger partial charge in [-0.1, -0.05) is 12.1 Å². The number of nitrogens with one attached hydrogen (secondary N) is 1. The standard InChI is InChI=1S/C9H10N2O2/c1-6(12)13-8-5-3-2-4-7(8)9(10)11/h2-5H,1H3,(H3,10,11). The molecule has 1 aromatic rings. The van der Waals surface area contributed by atoms with Crippen LogP contribution in [0.2, 0.25) is 0 Å². The summed E-state index contributed by atoms with van der Waals surface area (Å²) in [5.74, 6) is -0.215. The van der Waals surface area contributed by atoms with Gasteiger partial charge in [-0.25, -0.2) is 0 Å². The molecule has 4 heteroatoms. The molecule has 0 aliphatic rings. The van der Waals surface area contributed by atoms with E-state index in [4.69, 9.17) is 15.9 Å². The molecular weight excluding hydrogens is 168 g/mol. The van der Waals surface area contributed by atoms with Crippen LogP contribution in [0.25, 0.3) is 0 Å². The van der Waals surface area contributed by atoms with E-state index in [1.54, 1.807) is 24.3 Å². The molecule has 0 saturated carbocycles. The van der Waals surface area contributed by atoms with Crippen molar-refractivity contribution in [2.24, 2.45) is 5.73 Å². The highest BCUT2D eigenvalue weighted by Gasteiger charge is 2.06. The molecule has 3 N–H and O–H groups in total. The maximum absolute atomic E-state index is 10.7. The molecule has 0 aliphatic carbocycles. The van der Waals surface area contributed by atoms with Crippen LogP contribution in [0.1, 0.15) is 12.5 Å². The molecule has 0 saturated heterocycles. The Labute approximate surface area is 75.8 Å².